The SMILES string of the molecule is CS(=O)(=O)c1c(C(=O)O)nc2ccccc2c1C(=O)O. The highest BCUT2D eigenvalue weighted by Crippen LogP contribution is 2.27. The molecule has 0 radical (unpaired) electrons. The molecule has 0 unspecified atom stereocenters. The maximum Gasteiger partial charge on any atom is 0.355 e. The molecule has 0 aliphatic rings. The van der Waals surface area contributed by atoms with Gasteiger partial charge in [-0.25, -0.2) is 23.0 Å². The quantitative estimate of drug-likeness (QED) is 0.867. The predicted molar refractivity (Wildman–Crippen MR) is 68.8 cm³/mol. The summed E-state index contributed by atoms with van der Waals surface area (Å²) in [7, 11) is -4.07. The normalized spacial score (nSPS) is 11.4. The van der Waals surface area contributed by atoms with Crippen LogP contribution >= 0.6 is 0 Å². The van der Waals surface area contributed by atoms with E-state index in [0.29, 0.717) is 0 Å². The standard InChI is InChI=1S/C12H9NO6S/c1-20(18,19)10-8(11(14)15)6-4-2-3-5-7(6)13-9(10)12(16)17/h2-5H,1H3,(H,14,15)(H,16,17). The topological polar surface area (TPSA) is 122 Å². The third-order valence-electron chi connectivity index (χ3n) is 2.64. The highest BCUT2D eigenvalue weighted by Gasteiger charge is 2.29. The fourth-order valence-electron chi connectivity index (χ4n) is 1.91. The summed E-state index contributed by atoms with van der Waals surface area (Å²) < 4.78 is 23.5. The van der Waals surface area contributed by atoms with Crippen LogP contribution in [-0.4, -0.2) is 41.8 Å². The van der Waals surface area contributed by atoms with Crippen LogP contribution in [0.1, 0.15) is 20.8 Å². The molecule has 104 valence electrons. The molecule has 1 heterocycles. The Balaban J connectivity index is 3.14. The number of benzene rings is 1. The smallest absolute Gasteiger partial charge is 0.355 e. The Bertz CT molecular complexity index is 840. The van der Waals surface area contributed by atoms with Gasteiger partial charge in [-0.05, 0) is 6.07 Å². The number of hydrogen-bond donors (Lipinski definition) is 2. The number of carboxylic acids is 2. The second kappa shape index (κ2) is 4.57. The molecule has 0 fully saturated rings. The van der Waals surface area contributed by atoms with Gasteiger partial charge in [0.15, 0.2) is 15.5 Å². The fraction of sp³-hybridized carbons (Fsp3) is 0.0833. The number of aromatic carboxylic acids is 2. The number of carboxylic acid groups (broad SMARTS) is 2. The summed E-state index contributed by atoms with van der Waals surface area (Å²) in [5.41, 5.74) is -1.26. The Morgan fingerprint density at radius 1 is 1.10 bits per heavy atom. The summed E-state index contributed by atoms with van der Waals surface area (Å²) in [6.07, 6.45) is 0.748. The van der Waals surface area contributed by atoms with Gasteiger partial charge in [0.05, 0.1) is 11.1 Å². The van der Waals surface area contributed by atoms with Crippen LogP contribution in [0.2, 0.25) is 0 Å². The number of sulfone groups is 1. The summed E-state index contributed by atoms with van der Waals surface area (Å²) in [6, 6.07) is 5.86. The van der Waals surface area contributed by atoms with Crippen LogP contribution in [0.3, 0.4) is 0 Å². The molecule has 1 aromatic carbocycles. The van der Waals surface area contributed by atoms with E-state index in [2.05, 4.69) is 4.98 Å². The van der Waals surface area contributed by atoms with E-state index in [9.17, 15) is 23.1 Å². The molecule has 0 bridgehead atoms. The molecule has 0 saturated heterocycles. The lowest BCUT2D eigenvalue weighted by molar-refractivity contribution is 0.0685. The van der Waals surface area contributed by atoms with Gasteiger partial charge in [0, 0.05) is 11.6 Å². The molecular weight excluding hydrogens is 286 g/mol. The lowest BCUT2D eigenvalue weighted by Gasteiger charge is -2.10. The Morgan fingerprint density at radius 3 is 2.20 bits per heavy atom. The molecule has 2 aromatic rings. The number of pyridine rings is 1. The van der Waals surface area contributed by atoms with Crippen molar-refractivity contribution in [1.29, 1.82) is 0 Å². The maximum absolute atomic E-state index is 11.8. The zero-order valence-corrected chi connectivity index (χ0v) is 11.0. The summed E-state index contributed by atoms with van der Waals surface area (Å²) >= 11 is 0. The molecule has 0 saturated carbocycles. The third-order valence-corrected chi connectivity index (χ3v) is 3.77. The minimum absolute atomic E-state index is 0.0745. The third kappa shape index (κ3) is 2.21. The molecule has 1 aromatic heterocycles. The predicted octanol–water partition coefficient (Wildman–Crippen LogP) is 1.03. The van der Waals surface area contributed by atoms with Crippen molar-refractivity contribution in [2.45, 2.75) is 4.90 Å². The van der Waals surface area contributed by atoms with Crippen molar-refractivity contribution in [3.05, 3.63) is 35.5 Å². The number of fused-ring (bicyclic) bond motifs is 1. The van der Waals surface area contributed by atoms with Crippen LogP contribution in [-0.2, 0) is 9.84 Å². The van der Waals surface area contributed by atoms with E-state index < -0.39 is 37.9 Å². The Morgan fingerprint density at radius 2 is 1.70 bits per heavy atom. The molecular formula is C12H9NO6S. The Hall–Kier alpha value is -2.48. The second-order valence-corrected chi connectivity index (χ2v) is 6.02. The number of carbonyl (C=O) groups is 2. The van der Waals surface area contributed by atoms with Crippen LogP contribution < -0.4 is 0 Å². The zero-order valence-electron chi connectivity index (χ0n) is 10.2. The maximum atomic E-state index is 11.8. The molecule has 2 N–H and O–H groups in total. The van der Waals surface area contributed by atoms with E-state index in [4.69, 9.17) is 5.11 Å². The Kier molecular flexibility index (Phi) is 3.18. The van der Waals surface area contributed by atoms with Crippen molar-refractivity contribution in [1.82, 2.24) is 4.98 Å². The number of nitrogens with zero attached hydrogens (tertiary/aromatic N) is 1. The lowest BCUT2D eigenvalue weighted by atomic mass is 10.1. The number of para-hydroxylation sites is 1. The first-order valence-corrected chi connectivity index (χ1v) is 7.22. The van der Waals surface area contributed by atoms with Crippen LogP contribution in [0.5, 0.6) is 0 Å². The van der Waals surface area contributed by atoms with Gasteiger partial charge in [-0.1, -0.05) is 18.2 Å². The van der Waals surface area contributed by atoms with Crippen molar-refractivity contribution >= 4 is 32.7 Å². The lowest BCUT2D eigenvalue weighted by Crippen LogP contribution is -2.16. The first-order chi connectivity index (χ1) is 9.23. The summed E-state index contributed by atoms with van der Waals surface area (Å²) in [5.74, 6) is -3.12. The molecule has 7 nitrogen and oxygen atoms in total. The van der Waals surface area contributed by atoms with E-state index >= 15 is 0 Å². The average molecular weight is 295 g/mol. The van der Waals surface area contributed by atoms with Crippen LogP contribution in [0.25, 0.3) is 10.9 Å². The van der Waals surface area contributed by atoms with Crippen LogP contribution in [0, 0.1) is 0 Å². The van der Waals surface area contributed by atoms with Crippen LogP contribution in [0.4, 0.5) is 0 Å². The van der Waals surface area contributed by atoms with Gasteiger partial charge in [-0.2, -0.15) is 0 Å². The Labute approximate surface area is 113 Å². The molecule has 0 amide bonds. The van der Waals surface area contributed by atoms with Crippen molar-refractivity contribution < 1.29 is 28.2 Å². The average Bonchev–Trinajstić information content (AvgIpc) is 2.34. The van der Waals surface area contributed by atoms with E-state index in [0.717, 1.165) is 6.26 Å². The van der Waals surface area contributed by atoms with Crippen molar-refractivity contribution in [2.24, 2.45) is 0 Å². The second-order valence-electron chi connectivity index (χ2n) is 4.06. The summed E-state index contributed by atoms with van der Waals surface area (Å²) in [6.45, 7) is 0. The highest BCUT2D eigenvalue weighted by molar-refractivity contribution is 7.90. The monoisotopic (exact) mass is 295 g/mol. The number of hydrogen-bond acceptors (Lipinski definition) is 5. The summed E-state index contributed by atoms with van der Waals surface area (Å²) in [5, 5.41) is 18.4. The van der Waals surface area contributed by atoms with Crippen molar-refractivity contribution in [2.75, 3.05) is 6.26 Å². The molecule has 8 heteroatoms. The van der Waals surface area contributed by atoms with E-state index in [-0.39, 0.29) is 10.9 Å². The molecule has 0 aliphatic heterocycles. The molecule has 2 rings (SSSR count). The minimum atomic E-state index is -4.07. The van der Waals surface area contributed by atoms with E-state index in [1.54, 1.807) is 6.07 Å². The highest BCUT2D eigenvalue weighted by atomic mass is 32.2. The number of rotatable bonds is 3. The van der Waals surface area contributed by atoms with E-state index in [1.165, 1.54) is 18.2 Å². The zero-order chi connectivity index (χ0) is 15.1. The molecule has 0 aliphatic carbocycles. The van der Waals surface area contributed by atoms with Gasteiger partial charge in [0.25, 0.3) is 0 Å². The first-order valence-electron chi connectivity index (χ1n) is 5.33. The van der Waals surface area contributed by atoms with Gasteiger partial charge >= 0.3 is 11.9 Å². The van der Waals surface area contributed by atoms with Gasteiger partial charge < -0.3 is 10.2 Å². The fourth-order valence-corrected chi connectivity index (χ4v) is 2.96. The van der Waals surface area contributed by atoms with Gasteiger partial charge in [-0.15, -0.1) is 0 Å². The van der Waals surface area contributed by atoms with Crippen molar-refractivity contribution in [3.8, 4) is 0 Å². The molecule has 0 atom stereocenters. The first kappa shape index (κ1) is 13.9. The van der Waals surface area contributed by atoms with Crippen molar-refractivity contribution in [3.63, 3.8) is 0 Å². The summed E-state index contributed by atoms with van der Waals surface area (Å²) in [4.78, 5) is 25.5. The minimum Gasteiger partial charge on any atom is -0.478 e. The van der Waals surface area contributed by atoms with Gasteiger partial charge in [-0.3, -0.25) is 0 Å². The van der Waals surface area contributed by atoms with E-state index in [1.807, 2.05) is 0 Å². The molecule has 20 heavy (non-hydrogen) atoms. The van der Waals surface area contributed by atoms with Gasteiger partial charge in [0.1, 0.15) is 4.90 Å². The molecule has 0 spiro atoms. The van der Waals surface area contributed by atoms with Crippen LogP contribution in [0.15, 0.2) is 29.2 Å². The number of aromatic nitrogens is 1. The van der Waals surface area contributed by atoms with Gasteiger partial charge in [0.2, 0.25) is 0 Å². The largest absolute Gasteiger partial charge is 0.478 e.